The molecule has 1 fully saturated rings. The molecule has 1 aromatic heterocycles. The number of halogens is 1. The van der Waals surface area contributed by atoms with Gasteiger partial charge in [-0.2, -0.15) is 4.98 Å². The summed E-state index contributed by atoms with van der Waals surface area (Å²) in [5.74, 6) is 0. The summed E-state index contributed by atoms with van der Waals surface area (Å²) in [6.07, 6.45) is 5.80. The van der Waals surface area contributed by atoms with Crippen LogP contribution in [0.25, 0.3) is 0 Å². The molecule has 1 aromatic rings. The summed E-state index contributed by atoms with van der Waals surface area (Å²) in [6.45, 7) is 0.552. The van der Waals surface area contributed by atoms with Crippen molar-refractivity contribution in [3.63, 3.8) is 0 Å². The third kappa shape index (κ3) is 3.06. The Balaban J connectivity index is 1.86. The second-order valence-corrected chi connectivity index (χ2v) is 5.36. The molecule has 0 saturated heterocycles. The van der Waals surface area contributed by atoms with E-state index in [9.17, 15) is 0 Å². The first kappa shape index (κ1) is 11.2. The number of nitrogens with two attached hydrogens (primary N) is 1. The lowest BCUT2D eigenvalue weighted by Gasteiger charge is -2.32. The van der Waals surface area contributed by atoms with E-state index in [1.54, 1.807) is 5.38 Å². The molecule has 1 aliphatic carbocycles. The Morgan fingerprint density at radius 1 is 1.47 bits per heavy atom. The number of ether oxygens (including phenoxy) is 1. The Morgan fingerprint density at radius 2 is 2.20 bits per heavy atom. The van der Waals surface area contributed by atoms with Gasteiger partial charge in [0.05, 0.1) is 5.54 Å². The minimum absolute atomic E-state index is 0.156. The first-order valence-electron chi connectivity index (χ1n) is 5.21. The topological polar surface area (TPSA) is 48.1 Å². The van der Waals surface area contributed by atoms with E-state index >= 15 is 0 Å². The van der Waals surface area contributed by atoms with E-state index in [0.29, 0.717) is 17.0 Å². The van der Waals surface area contributed by atoms with Gasteiger partial charge in [0.1, 0.15) is 11.8 Å². The monoisotopic (exact) mass is 246 g/mol. The fraction of sp³-hybridized carbons (Fsp3) is 0.700. The lowest BCUT2D eigenvalue weighted by atomic mass is 9.83. The van der Waals surface area contributed by atoms with Crippen molar-refractivity contribution in [2.24, 2.45) is 5.73 Å². The normalized spacial score (nSPS) is 20.1. The highest BCUT2D eigenvalue weighted by atomic mass is 35.5. The summed E-state index contributed by atoms with van der Waals surface area (Å²) in [5.41, 5.74) is 6.08. The van der Waals surface area contributed by atoms with Crippen LogP contribution < -0.4 is 10.5 Å². The van der Waals surface area contributed by atoms with E-state index in [1.807, 2.05) is 0 Å². The molecule has 1 heterocycles. The maximum absolute atomic E-state index is 6.23. The van der Waals surface area contributed by atoms with Crippen molar-refractivity contribution in [3.8, 4) is 5.19 Å². The van der Waals surface area contributed by atoms with Gasteiger partial charge >= 0.3 is 0 Å². The molecule has 2 rings (SSSR count). The maximum atomic E-state index is 6.23. The maximum Gasteiger partial charge on any atom is 0.274 e. The molecule has 0 radical (unpaired) electrons. The van der Waals surface area contributed by atoms with Gasteiger partial charge in [0, 0.05) is 5.38 Å². The first-order valence-corrected chi connectivity index (χ1v) is 6.46. The Bertz CT molecular complexity index is 323. The quantitative estimate of drug-likeness (QED) is 0.892. The van der Waals surface area contributed by atoms with Gasteiger partial charge in [-0.25, -0.2) is 0 Å². The zero-order valence-electron chi connectivity index (χ0n) is 8.54. The Morgan fingerprint density at radius 3 is 2.80 bits per heavy atom. The zero-order chi connectivity index (χ0) is 10.7. The summed E-state index contributed by atoms with van der Waals surface area (Å²) in [7, 11) is 0. The smallest absolute Gasteiger partial charge is 0.274 e. The van der Waals surface area contributed by atoms with E-state index in [1.165, 1.54) is 30.6 Å². The molecule has 1 saturated carbocycles. The third-order valence-corrected chi connectivity index (χ3v) is 3.86. The molecule has 5 heteroatoms. The lowest BCUT2D eigenvalue weighted by molar-refractivity contribution is 0.173. The molecular formula is C10H15ClN2OS. The van der Waals surface area contributed by atoms with Gasteiger partial charge in [0.2, 0.25) is 0 Å². The zero-order valence-corrected chi connectivity index (χ0v) is 10.1. The SMILES string of the molecule is NC1(COc2nc(Cl)cs2)CCCCC1. The molecule has 0 aromatic carbocycles. The number of hydrogen-bond donors (Lipinski definition) is 1. The van der Waals surface area contributed by atoms with Gasteiger partial charge in [-0.05, 0) is 12.8 Å². The van der Waals surface area contributed by atoms with Crippen molar-refractivity contribution < 1.29 is 4.74 Å². The summed E-state index contributed by atoms with van der Waals surface area (Å²) < 4.78 is 5.57. The van der Waals surface area contributed by atoms with Crippen LogP contribution in [0.5, 0.6) is 5.19 Å². The second kappa shape index (κ2) is 4.68. The van der Waals surface area contributed by atoms with E-state index in [4.69, 9.17) is 22.1 Å². The molecule has 2 N–H and O–H groups in total. The number of thiazole rings is 1. The van der Waals surface area contributed by atoms with Crippen LogP contribution in [0, 0.1) is 0 Å². The van der Waals surface area contributed by atoms with Crippen LogP contribution in [0.2, 0.25) is 5.15 Å². The van der Waals surface area contributed by atoms with Gasteiger partial charge < -0.3 is 10.5 Å². The number of hydrogen-bond acceptors (Lipinski definition) is 4. The fourth-order valence-corrected chi connectivity index (χ4v) is 2.70. The van der Waals surface area contributed by atoms with E-state index in [0.717, 1.165) is 12.8 Å². The first-order chi connectivity index (χ1) is 7.18. The molecule has 0 spiro atoms. The Labute approximate surface area is 98.6 Å². The highest BCUT2D eigenvalue weighted by Gasteiger charge is 2.28. The van der Waals surface area contributed by atoms with Crippen molar-refractivity contribution in [1.82, 2.24) is 4.98 Å². The predicted molar refractivity (Wildman–Crippen MR) is 62.6 cm³/mol. The lowest BCUT2D eigenvalue weighted by Crippen LogP contribution is -2.47. The van der Waals surface area contributed by atoms with Crippen LogP contribution in [-0.2, 0) is 0 Å². The molecular weight excluding hydrogens is 232 g/mol. The van der Waals surface area contributed by atoms with Crippen LogP contribution in [0.1, 0.15) is 32.1 Å². The van der Waals surface area contributed by atoms with Crippen LogP contribution in [-0.4, -0.2) is 17.1 Å². The predicted octanol–water partition coefficient (Wildman–Crippen LogP) is 2.84. The molecule has 84 valence electrons. The largest absolute Gasteiger partial charge is 0.468 e. The molecule has 0 amide bonds. The number of rotatable bonds is 3. The minimum Gasteiger partial charge on any atom is -0.468 e. The fourth-order valence-electron chi connectivity index (χ4n) is 1.91. The van der Waals surface area contributed by atoms with Crippen LogP contribution in [0.3, 0.4) is 0 Å². The summed E-state index contributed by atoms with van der Waals surface area (Å²) in [4.78, 5) is 4.03. The molecule has 0 unspecified atom stereocenters. The molecule has 3 nitrogen and oxygen atoms in total. The van der Waals surface area contributed by atoms with Gasteiger partial charge in [-0.15, -0.1) is 0 Å². The van der Waals surface area contributed by atoms with Crippen molar-refractivity contribution in [3.05, 3.63) is 10.5 Å². The Kier molecular flexibility index (Phi) is 3.49. The van der Waals surface area contributed by atoms with E-state index in [-0.39, 0.29) is 5.54 Å². The van der Waals surface area contributed by atoms with Crippen molar-refractivity contribution >= 4 is 22.9 Å². The van der Waals surface area contributed by atoms with Crippen LogP contribution in [0.4, 0.5) is 0 Å². The average molecular weight is 247 g/mol. The molecule has 1 aliphatic rings. The second-order valence-electron chi connectivity index (χ2n) is 4.15. The molecule has 0 bridgehead atoms. The standard InChI is InChI=1S/C10H15ClN2OS/c11-8-6-15-9(13-8)14-7-10(12)4-2-1-3-5-10/h6H,1-5,7,12H2. The highest BCUT2D eigenvalue weighted by Crippen LogP contribution is 2.28. The van der Waals surface area contributed by atoms with E-state index in [2.05, 4.69) is 4.98 Å². The van der Waals surface area contributed by atoms with Gasteiger partial charge in [0.25, 0.3) is 5.19 Å². The summed E-state index contributed by atoms with van der Waals surface area (Å²) >= 11 is 7.12. The molecule has 15 heavy (non-hydrogen) atoms. The summed E-state index contributed by atoms with van der Waals surface area (Å²) in [6, 6.07) is 0. The van der Waals surface area contributed by atoms with Gasteiger partial charge in [0.15, 0.2) is 0 Å². The van der Waals surface area contributed by atoms with Crippen molar-refractivity contribution in [2.45, 2.75) is 37.6 Å². The van der Waals surface area contributed by atoms with Gasteiger partial charge in [-0.1, -0.05) is 42.2 Å². The van der Waals surface area contributed by atoms with Crippen molar-refractivity contribution in [2.75, 3.05) is 6.61 Å². The Hall–Kier alpha value is -0.320. The minimum atomic E-state index is -0.156. The van der Waals surface area contributed by atoms with Crippen LogP contribution in [0.15, 0.2) is 5.38 Å². The number of nitrogens with zero attached hydrogens (tertiary/aromatic N) is 1. The average Bonchev–Trinajstić information content (AvgIpc) is 2.63. The highest BCUT2D eigenvalue weighted by molar-refractivity contribution is 7.11. The van der Waals surface area contributed by atoms with Crippen molar-refractivity contribution in [1.29, 1.82) is 0 Å². The van der Waals surface area contributed by atoms with Gasteiger partial charge in [-0.3, -0.25) is 0 Å². The van der Waals surface area contributed by atoms with Crippen LogP contribution >= 0.6 is 22.9 Å². The third-order valence-electron chi connectivity index (χ3n) is 2.79. The van der Waals surface area contributed by atoms with E-state index < -0.39 is 0 Å². The number of aromatic nitrogens is 1. The summed E-state index contributed by atoms with van der Waals surface area (Å²) in [5, 5.41) is 2.88. The molecule has 0 atom stereocenters. The molecule has 0 aliphatic heterocycles.